The van der Waals surface area contributed by atoms with Gasteiger partial charge < -0.3 is 0 Å². The molecule has 0 N–H and O–H groups in total. The SMILES string of the molecule is CCCCCCCCCC/C=C/CCCCCCCCCC(CCC)CCC. The van der Waals surface area contributed by atoms with E-state index in [1.807, 2.05) is 0 Å². The molecule has 0 fully saturated rings. The molecule has 0 saturated heterocycles. The number of rotatable bonds is 23. The molecule has 0 heteroatoms. The molecule has 0 aliphatic heterocycles. The second-order valence-corrected chi connectivity index (χ2v) is 9.23. The summed E-state index contributed by atoms with van der Waals surface area (Å²) < 4.78 is 0. The van der Waals surface area contributed by atoms with Crippen molar-refractivity contribution in [3.63, 3.8) is 0 Å². The molecule has 168 valence electrons. The van der Waals surface area contributed by atoms with Crippen molar-refractivity contribution in [3.8, 4) is 0 Å². The molecule has 0 atom stereocenters. The molecule has 0 aromatic heterocycles. The maximum atomic E-state index is 2.45. The number of allylic oxidation sites excluding steroid dienone is 2. The van der Waals surface area contributed by atoms with Crippen molar-refractivity contribution >= 4 is 0 Å². The van der Waals surface area contributed by atoms with Gasteiger partial charge in [-0.3, -0.25) is 0 Å². The molecule has 0 nitrogen and oxygen atoms in total. The lowest BCUT2D eigenvalue weighted by Gasteiger charge is -2.14. The molecular weight excluding hydrogens is 336 g/mol. The lowest BCUT2D eigenvalue weighted by atomic mass is 9.92. The molecule has 0 saturated carbocycles. The maximum absolute atomic E-state index is 2.45. The second-order valence-electron chi connectivity index (χ2n) is 9.23. The van der Waals surface area contributed by atoms with Gasteiger partial charge in [0, 0.05) is 0 Å². The Balaban J connectivity index is 3.21. The zero-order valence-corrected chi connectivity index (χ0v) is 20.3. The van der Waals surface area contributed by atoms with Gasteiger partial charge in [-0.15, -0.1) is 0 Å². The van der Waals surface area contributed by atoms with Gasteiger partial charge in [-0.05, 0) is 31.6 Å². The molecule has 0 rings (SSSR count). The van der Waals surface area contributed by atoms with Crippen molar-refractivity contribution in [1.82, 2.24) is 0 Å². The van der Waals surface area contributed by atoms with Gasteiger partial charge in [-0.1, -0.05) is 148 Å². The molecule has 0 aliphatic rings. The summed E-state index contributed by atoms with van der Waals surface area (Å²) >= 11 is 0. The van der Waals surface area contributed by atoms with Crippen molar-refractivity contribution < 1.29 is 0 Å². The first-order valence-corrected chi connectivity index (χ1v) is 13.5. The van der Waals surface area contributed by atoms with Crippen LogP contribution in [0.1, 0.15) is 162 Å². The first-order chi connectivity index (χ1) is 13.8. The highest BCUT2D eigenvalue weighted by Gasteiger charge is 2.05. The predicted molar refractivity (Wildman–Crippen MR) is 131 cm³/mol. The molecule has 0 aromatic carbocycles. The van der Waals surface area contributed by atoms with Crippen molar-refractivity contribution in [2.75, 3.05) is 0 Å². The van der Waals surface area contributed by atoms with Crippen LogP contribution in [0.4, 0.5) is 0 Å². The summed E-state index contributed by atoms with van der Waals surface area (Å²) in [6.45, 7) is 6.98. The molecular formula is C28H56. The molecule has 0 amide bonds. The smallest absolute Gasteiger partial charge is 0.0351 e. The van der Waals surface area contributed by atoms with Crippen LogP contribution in [0.15, 0.2) is 12.2 Å². The molecule has 0 aromatic rings. The molecule has 0 heterocycles. The van der Waals surface area contributed by atoms with E-state index in [-0.39, 0.29) is 0 Å². The standard InChI is InChI=1S/C28H56/c1-4-7-8-9-10-11-12-13-14-15-16-17-18-19-20-21-22-23-24-27-28(25-5-2)26-6-3/h15-16,28H,4-14,17-27H2,1-3H3/b16-15+. The first-order valence-electron chi connectivity index (χ1n) is 13.5. The minimum Gasteiger partial charge on any atom is -0.0885 e. The topological polar surface area (TPSA) is 0 Å². The Labute approximate surface area is 180 Å². The van der Waals surface area contributed by atoms with E-state index < -0.39 is 0 Å². The molecule has 28 heavy (non-hydrogen) atoms. The second kappa shape index (κ2) is 24.8. The van der Waals surface area contributed by atoms with Crippen LogP contribution >= 0.6 is 0 Å². The van der Waals surface area contributed by atoms with Crippen LogP contribution in [-0.2, 0) is 0 Å². The Hall–Kier alpha value is -0.260. The van der Waals surface area contributed by atoms with Crippen LogP contribution in [0.2, 0.25) is 0 Å². The maximum Gasteiger partial charge on any atom is -0.0351 e. The van der Waals surface area contributed by atoms with Crippen LogP contribution in [0, 0.1) is 5.92 Å². The lowest BCUT2D eigenvalue weighted by molar-refractivity contribution is 0.390. The third-order valence-electron chi connectivity index (χ3n) is 6.27. The summed E-state index contributed by atoms with van der Waals surface area (Å²) in [6.07, 6.45) is 36.3. The minimum atomic E-state index is 1.02. The predicted octanol–water partition coefficient (Wildman–Crippen LogP) is 10.8. The van der Waals surface area contributed by atoms with E-state index in [0.29, 0.717) is 0 Å². The Morgan fingerprint density at radius 3 is 1.21 bits per heavy atom. The van der Waals surface area contributed by atoms with Crippen LogP contribution in [0.5, 0.6) is 0 Å². The minimum absolute atomic E-state index is 1.02. The molecule has 0 unspecified atom stereocenters. The van der Waals surface area contributed by atoms with Gasteiger partial charge in [0.15, 0.2) is 0 Å². The summed E-state index contributed by atoms with van der Waals surface area (Å²) in [6, 6.07) is 0. The Bertz CT molecular complexity index is 284. The number of unbranched alkanes of at least 4 members (excludes halogenated alkanes) is 15. The monoisotopic (exact) mass is 392 g/mol. The van der Waals surface area contributed by atoms with E-state index in [9.17, 15) is 0 Å². The lowest BCUT2D eigenvalue weighted by Crippen LogP contribution is -1.99. The average molecular weight is 393 g/mol. The van der Waals surface area contributed by atoms with Crippen LogP contribution in [0.25, 0.3) is 0 Å². The fourth-order valence-electron chi connectivity index (χ4n) is 4.46. The van der Waals surface area contributed by atoms with Crippen LogP contribution in [0.3, 0.4) is 0 Å². The van der Waals surface area contributed by atoms with E-state index >= 15 is 0 Å². The highest BCUT2D eigenvalue weighted by Crippen LogP contribution is 2.21. The summed E-state index contributed by atoms with van der Waals surface area (Å²) in [5, 5.41) is 0. The molecule has 0 aliphatic carbocycles. The third-order valence-corrected chi connectivity index (χ3v) is 6.27. The zero-order chi connectivity index (χ0) is 20.5. The van der Waals surface area contributed by atoms with E-state index in [0.717, 1.165) is 5.92 Å². The summed E-state index contributed by atoms with van der Waals surface area (Å²) in [4.78, 5) is 0. The van der Waals surface area contributed by atoms with Crippen LogP contribution in [-0.4, -0.2) is 0 Å². The third kappa shape index (κ3) is 22.0. The normalized spacial score (nSPS) is 11.9. The van der Waals surface area contributed by atoms with Crippen molar-refractivity contribution in [2.45, 2.75) is 162 Å². The van der Waals surface area contributed by atoms with Gasteiger partial charge in [0.25, 0.3) is 0 Å². The highest BCUT2D eigenvalue weighted by molar-refractivity contribution is 4.81. The van der Waals surface area contributed by atoms with Gasteiger partial charge in [-0.2, -0.15) is 0 Å². The summed E-state index contributed by atoms with van der Waals surface area (Å²) in [5.41, 5.74) is 0. The molecule has 0 bridgehead atoms. The Morgan fingerprint density at radius 1 is 0.393 bits per heavy atom. The van der Waals surface area contributed by atoms with Crippen LogP contribution < -0.4 is 0 Å². The van der Waals surface area contributed by atoms with Gasteiger partial charge in [0.1, 0.15) is 0 Å². The van der Waals surface area contributed by atoms with Gasteiger partial charge >= 0.3 is 0 Å². The molecule has 0 spiro atoms. The van der Waals surface area contributed by atoms with Gasteiger partial charge in [0.2, 0.25) is 0 Å². The quantitative estimate of drug-likeness (QED) is 0.120. The van der Waals surface area contributed by atoms with Crippen molar-refractivity contribution in [1.29, 1.82) is 0 Å². The van der Waals surface area contributed by atoms with Crippen molar-refractivity contribution in [3.05, 3.63) is 12.2 Å². The zero-order valence-electron chi connectivity index (χ0n) is 20.3. The van der Waals surface area contributed by atoms with Gasteiger partial charge in [-0.25, -0.2) is 0 Å². The number of hydrogen-bond acceptors (Lipinski definition) is 0. The van der Waals surface area contributed by atoms with Crippen molar-refractivity contribution in [2.24, 2.45) is 5.92 Å². The van der Waals surface area contributed by atoms with E-state index in [4.69, 9.17) is 0 Å². The molecule has 0 radical (unpaired) electrons. The summed E-state index contributed by atoms with van der Waals surface area (Å²) in [7, 11) is 0. The largest absolute Gasteiger partial charge is 0.0885 e. The highest BCUT2D eigenvalue weighted by atomic mass is 14.1. The number of hydrogen-bond donors (Lipinski definition) is 0. The fourth-order valence-corrected chi connectivity index (χ4v) is 4.46. The van der Waals surface area contributed by atoms with E-state index in [2.05, 4.69) is 32.9 Å². The Morgan fingerprint density at radius 2 is 0.786 bits per heavy atom. The fraction of sp³-hybridized carbons (Fsp3) is 0.929. The Kier molecular flexibility index (Phi) is 24.5. The van der Waals surface area contributed by atoms with Gasteiger partial charge in [0.05, 0.1) is 0 Å². The summed E-state index contributed by atoms with van der Waals surface area (Å²) in [5.74, 6) is 1.02. The average Bonchev–Trinajstić information content (AvgIpc) is 2.70. The van der Waals surface area contributed by atoms with E-state index in [1.165, 1.54) is 141 Å². The first kappa shape index (κ1) is 27.7. The van der Waals surface area contributed by atoms with E-state index in [1.54, 1.807) is 0 Å².